The Morgan fingerprint density at radius 2 is 2.24 bits per heavy atom. The molecule has 0 aromatic rings. The Balaban J connectivity index is 1.61. The number of hydrogen-bond acceptors (Lipinski definition) is 3. The Bertz CT molecular complexity index is 451. The molecule has 1 N–H and O–H groups in total. The van der Waals surface area contributed by atoms with Gasteiger partial charge in [0, 0.05) is 6.42 Å². The fourth-order valence-corrected chi connectivity index (χ4v) is 4.23. The maximum atomic E-state index is 11.4. The molecule has 0 spiro atoms. The van der Waals surface area contributed by atoms with Crippen LogP contribution in [0.5, 0.6) is 0 Å². The summed E-state index contributed by atoms with van der Waals surface area (Å²) in [6.07, 6.45) is 13.0. The van der Waals surface area contributed by atoms with E-state index in [2.05, 4.69) is 25.2 Å². The van der Waals surface area contributed by atoms with Crippen molar-refractivity contribution in [3.63, 3.8) is 0 Å². The van der Waals surface area contributed by atoms with E-state index in [4.69, 9.17) is 4.74 Å². The van der Waals surface area contributed by atoms with E-state index in [1.165, 1.54) is 24.8 Å². The van der Waals surface area contributed by atoms with Crippen LogP contribution in [0.15, 0.2) is 23.8 Å². The minimum Gasteiger partial charge on any atom is -0.462 e. The fraction of sp³-hybridized carbons (Fsp3) is 0.722. The summed E-state index contributed by atoms with van der Waals surface area (Å²) < 4.78 is 5.39. The molecule has 0 aromatic carbocycles. The molecule has 0 aromatic heterocycles. The van der Waals surface area contributed by atoms with E-state index in [1.54, 1.807) is 0 Å². The molecule has 0 amide bonds. The summed E-state index contributed by atoms with van der Waals surface area (Å²) in [5.74, 6) is 1.69. The second-order valence-corrected chi connectivity index (χ2v) is 6.91. The Morgan fingerprint density at radius 1 is 1.38 bits per heavy atom. The first-order valence-corrected chi connectivity index (χ1v) is 8.39. The molecular formula is C18H26O3. The number of allylic oxidation sites excluding steroid dienone is 4. The Labute approximate surface area is 127 Å². The largest absolute Gasteiger partial charge is 0.462 e. The molecule has 21 heavy (non-hydrogen) atoms. The number of cyclic esters (lactones) is 1. The first kappa shape index (κ1) is 14.8. The molecule has 0 bridgehead atoms. The van der Waals surface area contributed by atoms with Crippen molar-refractivity contribution in [2.75, 3.05) is 0 Å². The molecule has 2 aliphatic carbocycles. The zero-order valence-corrected chi connectivity index (χ0v) is 12.8. The molecule has 5 atom stereocenters. The summed E-state index contributed by atoms with van der Waals surface area (Å²) in [6, 6.07) is 0. The van der Waals surface area contributed by atoms with Gasteiger partial charge in [-0.2, -0.15) is 0 Å². The minimum absolute atomic E-state index is 0.0876. The zero-order chi connectivity index (χ0) is 14.8. The van der Waals surface area contributed by atoms with Crippen LogP contribution < -0.4 is 0 Å². The molecule has 3 heteroatoms. The number of aliphatic hydroxyl groups is 1. The van der Waals surface area contributed by atoms with E-state index in [0.717, 1.165) is 12.8 Å². The molecule has 1 heterocycles. The predicted octanol–water partition coefficient (Wildman–Crippen LogP) is 3.38. The number of hydrogen-bond donors (Lipinski definition) is 1. The van der Waals surface area contributed by atoms with Gasteiger partial charge in [-0.15, -0.1) is 0 Å². The molecule has 0 radical (unpaired) electrons. The Hall–Kier alpha value is -1.09. The first-order valence-electron chi connectivity index (χ1n) is 8.39. The monoisotopic (exact) mass is 290 g/mol. The lowest BCUT2D eigenvalue weighted by Gasteiger charge is -2.38. The van der Waals surface area contributed by atoms with E-state index in [0.29, 0.717) is 24.2 Å². The SMILES string of the molecule is CC1C=CC2=CCCC[C@@H]2C1CC[C@@H]1C[C@@H](O)CC(=O)O1. The summed E-state index contributed by atoms with van der Waals surface area (Å²) >= 11 is 0. The van der Waals surface area contributed by atoms with Crippen LogP contribution in [-0.4, -0.2) is 23.3 Å². The standard InChI is InChI=1S/C18H26O3/c1-12-6-7-13-4-2-3-5-17(13)16(12)9-8-15-10-14(19)11-18(20)21-15/h4,6-7,12,14-17,19H,2-3,5,8-11H2,1H3/t12?,14-,15-,16?,17+/m1/s1. The lowest BCUT2D eigenvalue weighted by molar-refractivity contribution is -0.160. The summed E-state index contributed by atoms with van der Waals surface area (Å²) in [5.41, 5.74) is 1.52. The van der Waals surface area contributed by atoms with E-state index in [1.807, 2.05) is 0 Å². The first-order chi connectivity index (χ1) is 10.1. The van der Waals surface area contributed by atoms with Gasteiger partial charge in [-0.3, -0.25) is 4.79 Å². The van der Waals surface area contributed by atoms with Gasteiger partial charge in [0.1, 0.15) is 6.10 Å². The van der Waals surface area contributed by atoms with Crippen LogP contribution in [0.25, 0.3) is 0 Å². The highest BCUT2D eigenvalue weighted by Gasteiger charge is 2.33. The highest BCUT2D eigenvalue weighted by molar-refractivity contribution is 5.70. The van der Waals surface area contributed by atoms with E-state index >= 15 is 0 Å². The third-order valence-electron chi connectivity index (χ3n) is 5.37. The fourth-order valence-electron chi connectivity index (χ4n) is 4.23. The van der Waals surface area contributed by atoms with Crippen LogP contribution in [0.2, 0.25) is 0 Å². The maximum Gasteiger partial charge on any atom is 0.308 e. The van der Waals surface area contributed by atoms with E-state index < -0.39 is 6.10 Å². The van der Waals surface area contributed by atoms with Gasteiger partial charge >= 0.3 is 5.97 Å². The van der Waals surface area contributed by atoms with Crippen molar-refractivity contribution in [1.29, 1.82) is 0 Å². The molecule has 3 rings (SSSR count). The number of fused-ring (bicyclic) bond motifs is 1. The number of esters is 1. The van der Waals surface area contributed by atoms with Crippen molar-refractivity contribution in [3.05, 3.63) is 23.8 Å². The molecular weight excluding hydrogens is 264 g/mol. The zero-order valence-electron chi connectivity index (χ0n) is 12.8. The van der Waals surface area contributed by atoms with Gasteiger partial charge in [0.25, 0.3) is 0 Å². The topological polar surface area (TPSA) is 46.5 Å². The van der Waals surface area contributed by atoms with Crippen LogP contribution in [-0.2, 0) is 9.53 Å². The molecule has 116 valence electrons. The smallest absolute Gasteiger partial charge is 0.308 e. The second kappa shape index (κ2) is 6.35. The van der Waals surface area contributed by atoms with Crippen molar-refractivity contribution in [2.24, 2.45) is 17.8 Å². The minimum atomic E-state index is -0.509. The highest BCUT2D eigenvalue weighted by atomic mass is 16.5. The average Bonchev–Trinajstić information content (AvgIpc) is 2.45. The van der Waals surface area contributed by atoms with Crippen molar-refractivity contribution in [2.45, 2.75) is 64.1 Å². The summed E-state index contributed by atoms with van der Waals surface area (Å²) in [5, 5.41) is 9.71. The van der Waals surface area contributed by atoms with Crippen molar-refractivity contribution in [1.82, 2.24) is 0 Å². The van der Waals surface area contributed by atoms with Gasteiger partial charge in [-0.25, -0.2) is 0 Å². The van der Waals surface area contributed by atoms with Crippen molar-refractivity contribution >= 4 is 5.97 Å². The van der Waals surface area contributed by atoms with E-state index in [-0.39, 0.29) is 18.5 Å². The van der Waals surface area contributed by atoms with Crippen LogP contribution >= 0.6 is 0 Å². The maximum absolute atomic E-state index is 11.4. The molecule has 3 nitrogen and oxygen atoms in total. The van der Waals surface area contributed by atoms with Crippen LogP contribution in [0.1, 0.15) is 51.9 Å². The molecule has 2 unspecified atom stereocenters. The van der Waals surface area contributed by atoms with Gasteiger partial charge in [-0.05, 0) is 55.4 Å². The average molecular weight is 290 g/mol. The Morgan fingerprint density at radius 3 is 3.05 bits per heavy atom. The van der Waals surface area contributed by atoms with Gasteiger partial charge in [0.05, 0.1) is 12.5 Å². The normalized spacial score (nSPS) is 39.4. The van der Waals surface area contributed by atoms with Crippen LogP contribution in [0.3, 0.4) is 0 Å². The van der Waals surface area contributed by atoms with Gasteiger partial charge in [0.15, 0.2) is 0 Å². The Kier molecular flexibility index (Phi) is 4.48. The number of ether oxygens (including phenoxy) is 1. The predicted molar refractivity (Wildman–Crippen MR) is 81.6 cm³/mol. The lowest BCUT2D eigenvalue weighted by Crippen LogP contribution is -2.34. The van der Waals surface area contributed by atoms with Gasteiger partial charge in [-0.1, -0.05) is 25.2 Å². The molecule has 3 aliphatic rings. The van der Waals surface area contributed by atoms with Crippen LogP contribution in [0, 0.1) is 17.8 Å². The molecule has 1 saturated heterocycles. The van der Waals surface area contributed by atoms with Crippen molar-refractivity contribution in [3.8, 4) is 0 Å². The van der Waals surface area contributed by atoms with E-state index in [9.17, 15) is 9.90 Å². The number of carbonyl (C=O) groups excluding carboxylic acids is 1. The second-order valence-electron chi connectivity index (χ2n) is 6.91. The summed E-state index contributed by atoms with van der Waals surface area (Å²) in [7, 11) is 0. The number of aliphatic hydroxyl groups excluding tert-OH is 1. The quantitative estimate of drug-likeness (QED) is 0.811. The highest BCUT2D eigenvalue weighted by Crippen LogP contribution is 2.42. The summed E-state index contributed by atoms with van der Waals surface area (Å²) in [6.45, 7) is 2.30. The third kappa shape index (κ3) is 3.39. The van der Waals surface area contributed by atoms with Crippen LogP contribution in [0.4, 0.5) is 0 Å². The van der Waals surface area contributed by atoms with Gasteiger partial charge < -0.3 is 9.84 Å². The number of rotatable bonds is 3. The molecule has 0 saturated carbocycles. The molecule has 1 fully saturated rings. The lowest BCUT2D eigenvalue weighted by atomic mass is 9.68. The molecule has 1 aliphatic heterocycles. The third-order valence-corrected chi connectivity index (χ3v) is 5.37. The van der Waals surface area contributed by atoms with Crippen molar-refractivity contribution < 1.29 is 14.6 Å². The summed E-state index contributed by atoms with van der Waals surface area (Å²) in [4.78, 5) is 11.4. The van der Waals surface area contributed by atoms with Gasteiger partial charge in [0.2, 0.25) is 0 Å². The number of carbonyl (C=O) groups is 1.